The zero-order valence-electron chi connectivity index (χ0n) is 18.1. The van der Waals surface area contributed by atoms with Crippen molar-refractivity contribution in [1.29, 1.82) is 0 Å². The summed E-state index contributed by atoms with van der Waals surface area (Å²) in [6.07, 6.45) is 0.250. The van der Waals surface area contributed by atoms with Gasteiger partial charge in [0.25, 0.3) is 0 Å². The largest absolute Gasteiger partial charge is 0.395 e. The average molecular weight is 525 g/mol. The van der Waals surface area contributed by atoms with Crippen LogP contribution in [0.4, 0.5) is 5.95 Å². The summed E-state index contributed by atoms with van der Waals surface area (Å²) in [7, 11) is -4.29. The highest BCUT2D eigenvalue weighted by atomic mass is 32.2. The predicted molar refractivity (Wildman–Crippen MR) is 129 cm³/mol. The second kappa shape index (κ2) is 12.2. The maximum absolute atomic E-state index is 12.7. The topological polar surface area (TPSA) is 284 Å². The number of hydrazone groups is 1. The Kier molecular flexibility index (Phi) is 9.69. The molecule has 35 heavy (non-hydrogen) atoms. The molecule has 17 heteroatoms. The van der Waals surface area contributed by atoms with Gasteiger partial charge in [0, 0.05) is 28.6 Å². The zero-order chi connectivity index (χ0) is 26.2. The second-order valence-electron chi connectivity index (χ2n) is 6.79. The number of fused-ring (bicyclic) bond motifs is 1. The van der Waals surface area contributed by atoms with Crippen LogP contribution < -0.4 is 38.4 Å². The van der Waals surface area contributed by atoms with Crippen molar-refractivity contribution in [2.45, 2.75) is 15.8 Å². The summed E-state index contributed by atoms with van der Waals surface area (Å²) < 4.78 is 28.2. The van der Waals surface area contributed by atoms with Gasteiger partial charge in [-0.3, -0.25) is 4.72 Å². The number of hydrogen-bond donors (Lipinski definition) is 9. The summed E-state index contributed by atoms with van der Waals surface area (Å²) in [5.74, 6) is 5.28. The van der Waals surface area contributed by atoms with Crippen LogP contribution in [0.2, 0.25) is 0 Å². The van der Waals surface area contributed by atoms with E-state index in [9.17, 15) is 8.42 Å². The van der Waals surface area contributed by atoms with Crippen molar-refractivity contribution in [2.75, 3.05) is 18.9 Å². The van der Waals surface area contributed by atoms with Crippen LogP contribution in [0.1, 0.15) is 5.56 Å². The highest BCUT2D eigenvalue weighted by molar-refractivity contribution is 7.98. The molecule has 0 amide bonds. The first-order valence-electron chi connectivity index (χ1n) is 9.57. The molecule has 0 saturated heterocycles. The highest BCUT2D eigenvalue weighted by Crippen LogP contribution is 2.37. The summed E-state index contributed by atoms with van der Waals surface area (Å²) in [6.45, 7) is -0.0273. The van der Waals surface area contributed by atoms with E-state index in [2.05, 4.69) is 25.3 Å². The van der Waals surface area contributed by atoms with Gasteiger partial charge in [-0.05, 0) is 29.6 Å². The molecule has 0 aliphatic carbocycles. The lowest BCUT2D eigenvalue weighted by molar-refractivity contribution is -0.191. The number of H-pyrrole nitrogens is 1. The number of nitrogen functional groups attached to an aromatic ring is 1. The fourth-order valence-electron chi connectivity index (χ4n) is 3.09. The molecule has 3 rings (SSSR count). The van der Waals surface area contributed by atoms with Crippen LogP contribution in [-0.4, -0.2) is 54.7 Å². The Balaban J connectivity index is 0.00000137. The lowest BCUT2D eigenvalue weighted by Gasteiger charge is -2.18. The summed E-state index contributed by atoms with van der Waals surface area (Å²) >= 11 is 0.975. The minimum Gasteiger partial charge on any atom is -0.395 e. The van der Waals surface area contributed by atoms with Gasteiger partial charge in [0.2, 0.25) is 10.0 Å². The summed E-state index contributed by atoms with van der Waals surface area (Å²) in [5, 5.41) is 18.4. The van der Waals surface area contributed by atoms with Gasteiger partial charge in [-0.25, -0.2) is 29.9 Å². The van der Waals surface area contributed by atoms with Crippen molar-refractivity contribution < 1.29 is 23.1 Å². The van der Waals surface area contributed by atoms with Crippen LogP contribution >= 0.6 is 11.9 Å². The first-order chi connectivity index (χ1) is 16.6. The van der Waals surface area contributed by atoms with E-state index in [1.165, 1.54) is 0 Å². The van der Waals surface area contributed by atoms with Crippen molar-refractivity contribution >= 4 is 50.9 Å². The number of aromatic nitrogens is 2. The Labute approximate surface area is 203 Å². The number of hydrazine groups is 1. The normalized spacial score (nSPS) is 12.5. The number of amidine groups is 1. The van der Waals surface area contributed by atoms with Crippen LogP contribution in [0, 0.1) is 0 Å². The number of nitrogens with two attached hydrogens (primary N) is 5. The number of imidazole rings is 1. The van der Waals surface area contributed by atoms with Gasteiger partial charge in [0.15, 0.2) is 11.8 Å². The second-order valence-corrected chi connectivity index (χ2v) is 9.22. The van der Waals surface area contributed by atoms with Crippen LogP contribution in [0.5, 0.6) is 0 Å². The molecule has 2 aromatic carbocycles. The fourth-order valence-corrected chi connectivity index (χ4v) is 5.19. The molecular formula is C18H24N10O5S2. The maximum atomic E-state index is 12.7. The molecule has 1 atom stereocenters. The van der Waals surface area contributed by atoms with E-state index in [1.807, 2.05) is 0 Å². The quantitative estimate of drug-likeness (QED) is 0.0476. The number of primary sulfonamides is 1. The fraction of sp³-hybridized carbons (Fsp3) is 0.167. The number of aromatic amines is 1. The maximum Gasteiger partial charge on any atom is 0.373 e. The van der Waals surface area contributed by atoms with Gasteiger partial charge in [-0.15, -0.1) is 5.10 Å². The molecule has 1 heterocycles. The summed E-state index contributed by atoms with van der Waals surface area (Å²) in [6, 6.07) is 7.97. The number of carbonyl (C=O) groups excluding carboxylic acids is 2. The van der Waals surface area contributed by atoms with Crippen molar-refractivity contribution in [1.82, 2.24) is 20.2 Å². The number of anilines is 1. The Bertz CT molecular complexity index is 1350. The Morgan fingerprint density at radius 1 is 1.26 bits per heavy atom. The minimum absolute atomic E-state index is 0.0396. The zero-order valence-corrected chi connectivity index (χ0v) is 19.7. The van der Waals surface area contributed by atoms with E-state index in [1.54, 1.807) is 30.3 Å². The Hall–Kier alpha value is -3.54. The molecule has 188 valence electrons. The van der Waals surface area contributed by atoms with Crippen LogP contribution in [0.3, 0.4) is 0 Å². The third-order valence-corrected chi connectivity index (χ3v) is 6.42. The number of aliphatic hydroxyl groups excluding tert-OH is 1. The van der Waals surface area contributed by atoms with Crippen LogP contribution in [-0.2, 0) is 19.6 Å². The third-order valence-electron chi connectivity index (χ3n) is 4.43. The van der Waals surface area contributed by atoms with E-state index in [-0.39, 0.29) is 46.4 Å². The van der Waals surface area contributed by atoms with E-state index in [4.69, 9.17) is 42.9 Å². The van der Waals surface area contributed by atoms with Crippen LogP contribution in [0.15, 0.2) is 45.2 Å². The van der Waals surface area contributed by atoms with Crippen LogP contribution in [0.25, 0.3) is 22.2 Å². The highest BCUT2D eigenvalue weighted by Gasteiger charge is 2.27. The van der Waals surface area contributed by atoms with E-state index in [0.717, 1.165) is 11.9 Å². The SMILES string of the molecule is NN/N=C(\N)c1c(-c2cccc3[nH]c(N)nc23)ccc(SNCC(N)CO)c1S(N)(=O)=O.O=C=O. The number of benzene rings is 2. The first-order valence-corrected chi connectivity index (χ1v) is 11.9. The lowest BCUT2D eigenvalue weighted by atomic mass is 9.97. The number of sulfonamides is 1. The lowest BCUT2D eigenvalue weighted by Crippen LogP contribution is -2.34. The van der Waals surface area contributed by atoms with Crippen molar-refractivity contribution in [3.8, 4) is 11.1 Å². The Morgan fingerprint density at radius 3 is 2.54 bits per heavy atom. The molecule has 15 nitrogen and oxygen atoms in total. The number of rotatable bonds is 9. The number of para-hydroxylation sites is 1. The van der Waals surface area contributed by atoms with Crippen molar-refractivity contribution in [2.24, 2.45) is 27.6 Å². The molecule has 3 aromatic rings. The minimum atomic E-state index is -4.29. The molecule has 0 fully saturated rings. The molecule has 0 saturated carbocycles. The van der Waals surface area contributed by atoms with Crippen molar-refractivity contribution in [3.63, 3.8) is 0 Å². The standard InChI is InChI=1S/C17H24N10O3S2.CO2/c18-8(7-28)6-23-31-12-5-4-9(10-2-1-3-11-14(10)25-17(20)24-11)13(16(19)26-27-21)15(12)32(22,29)30;2-1-3/h1-5,8,23,27-28H,6-7,18,21H2,(H2,19,26)(H3,20,24,25)(H2,22,29,30);. The molecule has 0 bridgehead atoms. The van der Waals surface area contributed by atoms with Gasteiger partial charge < -0.3 is 27.3 Å². The predicted octanol–water partition coefficient (Wildman–Crippen LogP) is -2.12. The third kappa shape index (κ3) is 6.75. The molecule has 1 aromatic heterocycles. The number of aliphatic hydroxyl groups is 1. The van der Waals surface area contributed by atoms with E-state index in [0.29, 0.717) is 22.2 Å². The molecule has 1 unspecified atom stereocenters. The van der Waals surface area contributed by atoms with Gasteiger partial charge in [-0.1, -0.05) is 18.2 Å². The van der Waals surface area contributed by atoms with Gasteiger partial charge in [0.1, 0.15) is 4.90 Å². The average Bonchev–Trinajstić information content (AvgIpc) is 3.18. The molecule has 0 spiro atoms. The molecule has 0 radical (unpaired) electrons. The first kappa shape index (κ1) is 27.7. The number of hydrogen-bond acceptors (Lipinski definition) is 13. The van der Waals surface area contributed by atoms with E-state index >= 15 is 0 Å². The molecule has 14 N–H and O–H groups in total. The summed E-state index contributed by atoms with van der Waals surface area (Å²) in [5.41, 5.74) is 21.8. The monoisotopic (exact) mass is 524 g/mol. The van der Waals surface area contributed by atoms with Gasteiger partial charge in [0.05, 0.1) is 17.6 Å². The number of nitrogens with zero attached hydrogens (tertiary/aromatic N) is 2. The van der Waals surface area contributed by atoms with Crippen molar-refractivity contribution in [3.05, 3.63) is 35.9 Å². The Morgan fingerprint density at radius 2 is 1.94 bits per heavy atom. The van der Waals surface area contributed by atoms with Gasteiger partial charge >= 0.3 is 6.15 Å². The van der Waals surface area contributed by atoms with E-state index < -0.39 is 16.1 Å². The number of nitrogens with one attached hydrogen (secondary N) is 3. The summed E-state index contributed by atoms with van der Waals surface area (Å²) in [4.78, 5) is 23.5. The smallest absolute Gasteiger partial charge is 0.373 e. The molecule has 0 aliphatic heterocycles. The van der Waals surface area contributed by atoms with Gasteiger partial charge in [-0.2, -0.15) is 9.59 Å². The molecular weight excluding hydrogens is 500 g/mol. The molecule has 0 aliphatic rings.